The lowest BCUT2D eigenvalue weighted by Crippen LogP contribution is -2.34. The summed E-state index contributed by atoms with van der Waals surface area (Å²) in [6.07, 6.45) is -2.13. The second kappa shape index (κ2) is 13.5. The van der Waals surface area contributed by atoms with Crippen molar-refractivity contribution in [3.05, 3.63) is 96.3 Å². The number of halogens is 3. The van der Waals surface area contributed by atoms with Gasteiger partial charge in [-0.1, -0.05) is 18.2 Å². The van der Waals surface area contributed by atoms with Crippen molar-refractivity contribution >= 4 is 23.3 Å². The molecule has 0 radical (unpaired) electrons. The van der Waals surface area contributed by atoms with Crippen molar-refractivity contribution in [2.75, 3.05) is 30.8 Å². The maximum Gasteiger partial charge on any atom is 0.419 e. The normalized spacial score (nSPS) is 13.5. The summed E-state index contributed by atoms with van der Waals surface area (Å²) in [4.78, 5) is 28.5. The lowest BCUT2D eigenvalue weighted by molar-refractivity contribution is -0.139. The molecule has 0 aliphatic carbocycles. The number of hydrogen-bond donors (Lipinski definition) is 4. The SMILES string of the molecule is CNC(=O)c1cc(Oc2ccc(NC(=O)Nc3cccc(-c4ccc(OC5CCNCC5)c(C(F)(F)F)c4)c3)cc2)ccn1. The maximum atomic E-state index is 14.0. The summed E-state index contributed by atoms with van der Waals surface area (Å²) in [5.74, 6) is 0.368. The fourth-order valence-electron chi connectivity index (χ4n) is 4.67. The molecule has 0 atom stereocenters. The molecule has 5 rings (SSSR count). The zero-order chi connectivity index (χ0) is 31.1. The van der Waals surface area contributed by atoms with Gasteiger partial charge in [0.15, 0.2) is 0 Å². The third kappa shape index (κ3) is 7.84. The number of anilines is 2. The van der Waals surface area contributed by atoms with E-state index in [4.69, 9.17) is 9.47 Å². The van der Waals surface area contributed by atoms with Gasteiger partial charge in [0.2, 0.25) is 0 Å². The number of benzene rings is 3. The summed E-state index contributed by atoms with van der Waals surface area (Å²) in [5.41, 5.74) is 1.08. The van der Waals surface area contributed by atoms with E-state index < -0.39 is 17.8 Å². The van der Waals surface area contributed by atoms with Crippen molar-refractivity contribution in [1.82, 2.24) is 15.6 Å². The minimum Gasteiger partial charge on any atom is -0.490 e. The first-order valence-electron chi connectivity index (χ1n) is 13.9. The number of nitrogens with one attached hydrogen (secondary N) is 4. The maximum absolute atomic E-state index is 14.0. The van der Waals surface area contributed by atoms with Crippen molar-refractivity contribution in [2.24, 2.45) is 0 Å². The minimum atomic E-state index is -4.60. The van der Waals surface area contributed by atoms with Gasteiger partial charge in [-0.15, -0.1) is 0 Å². The van der Waals surface area contributed by atoms with Crippen LogP contribution in [0.2, 0.25) is 0 Å². The monoisotopic (exact) mass is 605 g/mol. The molecule has 44 heavy (non-hydrogen) atoms. The molecular formula is C32H30F3N5O4. The number of ether oxygens (including phenoxy) is 2. The van der Waals surface area contributed by atoms with Crippen molar-refractivity contribution in [2.45, 2.75) is 25.1 Å². The van der Waals surface area contributed by atoms with Crippen LogP contribution in [0.25, 0.3) is 11.1 Å². The zero-order valence-corrected chi connectivity index (χ0v) is 23.7. The number of piperidine rings is 1. The van der Waals surface area contributed by atoms with Crippen LogP contribution in [0.15, 0.2) is 85.1 Å². The number of urea groups is 1. The lowest BCUT2D eigenvalue weighted by Gasteiger charge is -2.25. The molecular weight excluding hydrogens is 575 g/mol. The van der Waals surface area contributed by atoms with E-state index in [1.165, 1.54) is 25.4 Å². The summed E-state index contributed by atoms with van der Waals surface area (Å²) in [5, 5.41) is 11.1. The van der Waals surface area contributed by atoms with Gasteiger partial charge in [0, 0.05) is 30.7 Å². The Balaban J connectivity index is 1.23. The Bertz CT molecular complexity index is 1620. The highest BCUT2D eigenvalue weighted by atomic mass is 19.4. The summed E-state index contributed by atoms with van der Waals surface area (Å²) in [6, 6.07) is 19.7. The Morgan fingerprint density at radius 3 is 2.32 bits per heavy atom. The molecule has 2 heterocycles. The molecule has 4 aromatic rings. The molecule has 4 N–H and O–H groups in total. The average molecular weight is 606 g/mol. The van der Waals surface area contributed by atoms with Crippen LogP contribution in [0.4, 0.5) is 29.3 Å². The molecule has 12 heteroatoms. The number of nitrogens with zero attached hydrogens (tertiary/aromatic N) is 1. The number of carbonyl (C=O) groups excluding carboxylic acids is 2. The van der Waals surface area contributed by atoms with E-state index in [-0.39, 0.29) is 23.5 Å². The van der Waals surface area contributed by atoms with Gasteiger partial charge in [-0.2, -0.15) is 13.2 Å². The third-order valence-electron chi connectivity index (χ3n) is 6.86. The van der Waals surface area contributed by atoms with Crippen LogP contribution in [0.5, 0.6) is 17.2 Å². The fraction of sp³-hybridized carbons (Fsp3) is 0.219. The fourth-order valence-corrected chi connectivity index (χ4v) is 4.67. The molecule has 0 spiro atoms. The van der Waals surface area contributed by atoms with Crippen molar-refractivity contribution < 1.29 is 32.2 Å². The Morgan fingerprint density at radius 1 is 0.864 bits per heavy atom. The van der Waals surface area contributed by atoms with E-state index in [0.717, 1.165) is 6.07 Å². The number of hydrogen-bond acceptors (Lipinski definition) is 6. The van der Waals surface area contributed by atoms with Gasteiger partial charge in [-0.3, -0.25) is 9.78 Å². The van der Waals surface area contributed by atoms with Crippen LogP contribution in [0.3, 0.4) is 0 Å². The van der Waals surface area contributed by atoms with Gasteiger partial charge >= 0.3 is 12.2 Å². The van der Waals surface area contributed by atoms with Crippen molar-refractivity contribution in [1.29, 1.82) is 0 Å². The average Bonchev–Trinajstić information content (AvgIpc) is 3.02. The molecule has 3 aromatic carbocycles. The van der Waals surface area contributed by atoms with Crippen molar-refractivity contribution in [3.63, 3.8) is 0 Å². The highest BCUT2D eigenvalue weighted by Crippen LogP contribution is 2.40. The number of alkyl halides is 3. The molecule has 1 aliphatic heterocycles. The number of carbonyl (C=O) groups is 2. The van der Waals surface area contributed by atoms with Crippen LogP contribution >= 0.6 is 0 Å². The van der Waals surface area contributed by atoms with Crippen LogP contribution in [0, 0.1) is 0 Å². The highest BCUT2D eigenvalue weighted by Gasteiger charge is 2.35. The Morgan fingerprint density at radius 2 is 1.59 bits per heavy atom. The Kier molecular flexibility index (Phi) is 9.29. The molecule has 0 unspecified atom stereocenters. The van der Waals surface area contributed by atoms with Crippen LogP contribution < -0.4 is 30.7 Å². The first-order chi connectivity index (χ1) is 21.2. The van der Waals surface area contributed by atoms with Crippen LogP contribution in [-0.2, 0) is 6.18 Å². The van der Waals surface area contributed by atoms with Gasteiger partial charge < -0.3 is 30.7 Å². The molecule has 0 saturated carbocycles. The smallest absolute Gasteiger partial charge is 0.419 e. The largest absolute Gasteiger partial charge is 0.490 e. The molecule has 9 nitrogen and oxygen atoms in total. The molecule has 1 saturated heterocycles. The minimum absolute atomic E-state index is 0.187. The number of amides is 3. The Hall–Kier alpha value is -5.10. The van der Waals surface area contributed by atoms with E-state index in [1.54, 1.807) is 60.7 Å². The summed E-state index contributed by atoms with van der Waals surface area (Å²) < 4.78 is 53.4. The summed E-state index contributed by atoms with van der Waals surface area (Å²) in [6.45, 7) is 1.40. The number of aromatic nitrogens is 1. The lowest BCUT2D eigenvalue weighted by atomic mass is 10.0. The summed E-state index contributed by atoms with van der Waals surface area (Å²) in [7, 11) is 1.51. The van der Waals surface area contributed by atoms with E-state index in [0.29, 0.717) is 59.9 Å². The topological polar surface area (TPSA) is 114 Å². The quantitative estimate of drug-likeness (QED) is 0.178. The third-order valence-corrected chi connectivity index (χ3v) is 6.86. The Labute approximate surface area is 251 Å². The number of rotatable bonds is 8. The predicted octanol–water partition coefficient (Wildman–Crippen LogP) is 6.69. The molecule has 1 fully saturated rings. The summed E-state index contributed by atoms with van der Waals surface area (Å²) >= 11 is 0. The molecule has 1 aliphatic rings. The van der Waals surface area contributed by atoms with Gasteiger partial charge in [0.25, 0.3) is 5.91 Å². The second-order valence-electron chi connectivity index (χ2n) is 10.0. The van der Waals surface area contributed by atoms with Gasteiger partial charge in [-0.25, -0.2) is 4.79 Å². The van der Waals surface area contributed by atoms with Crippen molar-refractivity contribution in [3.8, 4) is 28.4 Å². The standard InChI is InChI=1S/C32H30F3N5O4/c1-36-30(41)28-19-26(13-16-38-28)43-24-8-6-22(7-9-24)39-31(42)40-23-4-2-3-20(17-23)21-5-10-29(27(18-21)32(33,34)35)44-25-11-14-37-15-12-25/h2-10,13,16-19,25,37H,11-12,14-15H2,1H3,(H,36,41)(H2,39,40,42). The van der Waals surface area contributed by atoms with Crippen LogP contribution in [-0.4, -0.2) is 43.2 Å². The first-order valence-corrected chi connectivity index (χ1v) is 13.9. The highest BCUT2D eigenvalue weighted by molar-refractivity contribution is 6.00. The van der Waals surface area contributed by atoms with E-state index in [1.807, 2.05) is 0 Å². The predicted molar refractivity (Wildman–Crippen MR) is 160 cm³/mol. The molecule has 228 valence electrons. The first kappa shape index (κ1) is 30.4. The van der Waals surface area contributed by atoms with Gasteiger partial charge in [0.1, 0.15) is 29.0 Å². The molecule has 0 bridgehead atoms. The molecule has 3 amide bonds. The zero-order valence-electron chi connectivity index (χ0n) is 23.7. The van der Waals surface area contributed by atoms with Gasteiger partial charge in [-0.05, 0) is 91.7 Å². The number of pyridine rings is 1. The second-order valence-corrected chi connectivity index (χ2v) is 10.0. The molecule has 1 aromatic heterocycles. The van der Waals surface area contributed by atoms with E-state index >= 15 is 0 Å². The van der Waals surface area contributed by atoms with E-state index in [9.17, 15) is 22.8 Å². The van der Waals surface area contributed by atoms with Gasteiger partial charge in [0.05, 0.1) is 5.56 Å². The van der Waals surface area contributed by atoms with E-state index in [2.05, 4.69) is 26.3 Å². The van der Waals surface area contributed by atoms with Crippen LogP contribution in [0.1, 0.15) is 28.9 Å².